The molecule has 2 N–H and O–H groups in total. The molecule has 0 aliphatic heterocycles. The monoisotopic (exact) mass is 260 g/mol. The predicted octanol–water partition coefficient (Wildman–Crippen LogP) is 2.10. The molecule has 0 bridgehead atoms. The molecule has 0 fully saturated rings. The summed E-state index contributed by atoms with van der Waals surface area (Å²) in [6, 6.07) is 3.37. The topological polar surface area (TPSA) is 59.5 Å². The number of nitrogens with zero attached hydrogens (tertiary/aromatic N) is 1. The van der Waals surface area contributed by atoms with Gasteiger partial charge in [0.15, 0.2) is 0 Å². The van der Waals surface area contributed by atoms with Crippen molar-refractivity contribution in [1.82, 2.24) is 4.90 Å². The van der Waals surface area contributed by atoms with Gasteiger partial charge in [-0.25, -0.2) is 0 Å². The molecular weight excluding hydrogens is 240 g/mol. The van der Waals surface area contributed by atoms with Crippen molar-refractivity contribution < 1.29 is 9.21 Å². The largest absolute Gasteiger partial charge is 0.464 e. The van der Waals surface area contributed by atoms with E-state index in [2.05, 4.69) is 0 Å². The Bertz CT molecular complexity index is 352. The van der Waals surface area contributed by atoms with E-state index < -0.39 is 6.04 Å². The number of hydrogen-bond donors (Lipinski definition) is 1. The van der Waals surface area contributed by atoms with E-state index in [-0.39, 0.29) is 18.3 Å². The Morgan fingerprint density at radius 2 is 2.18 bits per heavy atom. The first-order valence-electron chi connectivity index (χ1n) is 5.60. The van der Waals surface area contributed by atoms with E-state index in [1.54, 1.807) is 11.9 Å². The molecule has 0 aliphatic rings. The summed E-state index contributed by atoms with van der Waals surface area (Å²) >= 11 is 0. The van der Waals surface area contributed by atoms with Crippen LogP contribution in [0, 0.1) is 6.92 Å². The minimum Gasteiger partial charge on any atom is -0.464 e. The summed E-state index contributed by atoms with van der Waals surface area (Å²) in [4.78, 5) is 13.4. The van der Waals surface area contributed by atoms with Crippen LogP contribution < -0.4 is 5.73 Å². The van der Waals surface area contributed by atoms with E-state index in [1.165, 1.54) is 0 Å². The van der Waals surface area contributed by atoms with Crippen LogP contribution in [0.4, 0.5) is 0 Å². The van der Waals surface area contributed by atoms with Gasteiger partial charge in [0.1, 0.15) is 11.5 Å². The van der Waals surface area contributed by atoms with Crippen LogP contribution in [0.15, 0.2) is 16.5 Å². The maximum Gasteiger partial charge on any atom is 0.239 e. The van der Waals surface area contributed by atoms with Crippen LogP contribution in [0.1, 0.15) is 31.3 Å². The number of rotatable bonds is 5. The number of hydrogen-bond acceptors (Lipinski definition) is 3. The average molecular weight is 261 g/mol. The SMILES string of the molecule is CCCC(N)C(=O)N(C)Cc1ccc(C)o1.Cl. The van der Waals surface area contributed by atoms with Crippen molar-refractivity contribution in [1.29, 1.82) is 0 Å². The molecule has 1 atom stereocenters. The fourth-order valence-electron chi connectivity index (χ4n) is 1.60. The number of carbonyl (C=O) groups excluding carboxylic acids is 1. The molecule has 0 saturated carbocycles. The van der Waals surface area contributed by atoms with Gasteiger partial charge in [-0.2, -0.15) is 0 Å². The summed E-state index contributed by atoms with van der Waals surface area (Å²) in [6.07, 6.45) is 1.64. The van der Waals surface area contributed by atoms with E-state index in [4.69, 9.17) is 10.2 Å². The molecule has 1 rings (SSSR count). The third-order valence-corrected chi connectivity index (χ3v) is 2.48. The summed E-state index contributed by atoms with van der Waals surface area (Å²) in [6.45, 7) is 4.38. The van der Waals surface area contributed by atoms with Crippen LogP contribution >= 0.6 is 12.4 Å². The first kappa shape index (κ1) is 16.0. The number of carbonyl (C=O) groups is 1. The van der Waals surface area contributed by atoms with Crippen molar-refractivity contribution in [3.05, 3.63) is 23.7 Å². The smallest absolute Gasteiger partial charge is 0.239 e. The van der Waals surface area contributed by atoms with Crippen molar-refractivity contribution >= 4 is 18.3 Å². The van der Waals surface area contributed by atoms with Crippen LogP contribution in [-0.2, 0) is 11.3 Å². The lowest BCUT2D eigenvalue weighted by Crippen LogP contribution is -2.41. The second-order valence-electron chi connectivity index (χ2n) is 4.10. The van der Waals surface area contributed by atoms with Gasteiger partial charge in [-0.3, -0.25) is 4.79 Å². The number of furan rings is 1. The quantitative estimate of drug-likeness (QED) is 0.882. The first-order valence-corrected chi connectivity index (χ1v) is 5.60. The van der Waals surface area contributed by atoms with Crippen molar-refractivity contribution in [2.45, 2.75) is 39.3 Å². The Morgan fingerprint density at radius 3 is 2.65 bits per heavy atom. The van der Waals surface area contributed by atoms with E-state index in [1.807, 2.05) is 26.0 Å². The van der Waals surface area contributed by atoms with Gasteiger partial charge in [-0.15, -0.1) is 12.4 Å². The molecule has 0 aliphatic carbocycles. The number of halogens is 1. The van der Waals surface area contributed by atoms with Gasteiger partial charge >= 0.3 is 0 Å². The third kappa shape index (κ3) is 4.79. The van der Waals surface area contributed by atoms with Crippen molar-refractivity contribution in [2.24, 2.45) is 5.73 Å². The molecule has 1 amide bonds. The van der Waals surface area contributed by atoms with Gasteiger partial charge in [-0.05, 0) is 25.5 Å². The van der Waals surface area contributed by atoms with Crippen LogP contribution in [0.5, 0.6) is 0 Å². The summed E-state index contributed by atoms with van der Waals surface area (Å²) < 4.78 is 5.41. The van der Waals surface area contributed by atoms with Gasteiger partial charge in [0, 0.05) is 7.05 Å². The molecule has 1 heterocycles. The van der Waals surface area contributed by atoms with E-state index in [9.17, 15) is 4.79 Å². The molecule has 1 unspecified atom stereocenters. The zero-order valence-electron chi connectivity index (χ0n) is 10.6. The molecule has 0 aromatic carbocycles. The highest BCUT2D eigenvalue weighted by molar-refractivity contribution is 5.85. The summed E-state index contributed by atoms with van der Waals surface area (Å²) in [5.74, 6) is 1.61. The predicted molar refractivity (Wildman–Crippen MR) is 70.1 cm³/mol. The van der Waals surface area contributed by atoms with Gasteiger partial charge in [0.25, 0.3) is 0 Å². The Labute approximate surface area is 109 Å². The molecule has 5 heteroatoms. The number of amides is 1. The number of likely N-dealkylation sites (N-methyl/N-ethyl adjacent to an activating group) is 1. The highest BCUT2D eigenvalue weighted by atomic mass is 35.5. The van der Waals surface area contributed by atoms with Crippen LogP contribution in [0.25, 0.3) is 0 Å². The van der Waals surface area contributed by atoms with Gasteiger partial charge in [0.05, 0.1) is 12.6 Å². The minimum absolute atomic E-state index is 0. The normalized spacial score (nSPS) is 11.8. The highest BCUT2D eigenvalue weighted by Gasteiger charge is 2.17. The lowest BCUT2D eigenvalue weighted by Gasteiger charge is -2.19. The molecule has 0 spiro atoms. The fourth-order valence-corrected chi connectivity index (χ4v) is 1.60. The Hall–Kier alpha value is -1.00. The maximum atomic E-state index is 11.8. The Kier molecular flexibility index (Phi) is 6.92. The molecule has 4 nitrogen and oxygen atoms in total. The zero-order chi connectivity index (χ0) is 12.1. The molecule has 0 saturated heterocycles. The molecule has 0 radical (unpaired) electrons. The summed E-state index contributed by atoms with van der Waals surface area (Å²) in [5.41, 5.74) is 5.77. The van der Waals surface area contributed by atoms with Gasteiger partial charge in [-0.1, -0.05) is 13.3 Å². The minimum atomic E-state index is -0.397. The van der Waals surface area contributed by atoms with Crippen LogP contribution in [0.3, 0.4) is 0 Å². The second kappa shape index (κ2) is 7.35. The zero-order valence-corrected chi connectivity index (χ0v) is 11.4. The van der Waals surface area contributed by atoms with Crippen LogP contribution in [-0.4, -0.2) is 23.9 Å². The van der Waals surface area contributed by atoms with Crippen molar-refractivity contribution in [3.8, 4) is 0 Å². The Morgan fingerprint density at radius 1 is 1.53 bits per heavy atom. The maximum absolute atomic E-state index is 11.8. The first-order chi connectivity index (χ1) is 7.54. The van der Waals surface area contributed by atoms with Crippen molar-refractivity contribution in [3.63, 3.8) is 0 Å². The van der Waals surface area contributed by atoms with E-state index >= 15 is 0 Å². The standard InChI is InChI=1S/C12H20N2O2.ClH/c1-4-5-11(13)12(15)14(3)8-10-7-6-9(2)16-10;/h6-7,11H,4-5,8,13H2,1-3H3;1H. The molecular formula is C12H21ClN2O2. The highest BCUT2D eigenvalue weighted by Crippen LogP contribution is 2.09. The molecule has 1 aromatic heterocycles. The van der Waals surface area contributed by atoms with Gasteiger partial charge < -0.3 is 15.1 Å². The number of nitrogens with two attached hydrogens (primary N) is 1. The summed E-state index contributed by atoms with van der Waals surface area (Å²) in [5, 5.41) is 0. The van der Waals surface area contributed by atoms with Crippen LogP contribution in [0.2, 0.25) is 0 Å². The van der Waals surface area contributed by atoms with Gasteiger partial charge in [0.2, 0.25) is 5.91 Å². The van der Waals surface area contributed by atoms with E-state index in [0.717, 1.165) is 24.4 Å². The molecule has 1 aromatic rings. The average Bonchev–Trinajstić information content (AvgIpc) is 2.63. The Balaban J connectivity index is 0.00000256. The second-order valence-corrected chi connectivity index (χ2v) is 4.10. The fraction of sp³-hybridized carbons (Fsp3) is 0.583. The lowest BCUT2D eigenvalue weighted by atomic mass is 10.1. The molecule has 98 valence electrons. The summed E-state index contributed by atoms with van der Waals surface area (Å²) in [7, 11) is 1.75. The van der Waals surface area contributed by atoms with E-state index in [0.29, 0.717) is 6.54 Å². The molecule has 17 heavy (non-hydrogen) atoms. The number of aryl methyl sites for hydroxylation is 1. The van der Waals surface area contributed by atoms with Crippen molar-refractivity contribution in [2.75, 3.05) is 7.05 Å². The third-order valence-electron chi connectivity index (χ3n) is 2.48. The lowest BCUT2D eigenvalue weighted by molar-refractivity contribution is -0.132.